The molecule has 2 nitrogen and oxygen atoms in total. The summed E-state index contributed by atoms with van der Waals surface area (Å²) in [6.45, 7) is 4.98. The quantitative estimate of drug-likeness (QED) is 0.826. The third-order valence-corrected chi connectivity index (χ3v) is 4.10. The van der Waals surface area contributed by atoms with E-state index < -0.39 is 17.6 Å². The van der Waals surface area contributed by atoms with Gasteiger partial charge in [0.1, 0.15) is 5.82 Å². The standard InChI is InChI=1S/C16H22F4N2/c1-2-3-4-15(22-9-7-21-8-10-22)13-6-5-12(17)11-14(13)16(18,19)20/h5-6,11,15,21H,2-4,7-10H2,1H3/t15-/m1/s1. The van der Waals surface area contributed by atoms with E-state index in [9.17, 15) is 17.6 Å². The van der Waals surface area contributed by atoms with Crippen LogP contribution in [0.4, 0.5) is 17.6 Å². The predicted molar refractivity (Wildman–Crippen MR) is 78.1 cm³/mol. The highest BCUT2D eigenvalue weighted by atomic mass is 19.4. The minimum Gasteiger partial charge on any atom is -0.314 e. The maximum Gasteiger partial charge on any atom is 0.416 e. The Kier molecular flexibility index (Phi) is 5.81. The zero-order chi connectivity index (χ0) is 16.2. The molecular weight excluding hydrogens is 296 g/mol. The van der Waals surface area contributed by atoms with Crippen molar-refractivity contribution in [3.63, 3.8) is 0 Å². The van der Waals surface area contributed by atoms with Crippen LogP contribution in [0.25, 0.3) is 0 Å². The Morgan fingerprint density at radius 1 is 1.23 bits per heavy atom. The van der Waals surface area contributed by atoms with Gasteiger partial charge in [-0.2, -0.15) is 13.2 Å². The van der Waals surface area contributed by atoms with Crippen molar-refractivity contribution in [1.82, 2.24) is 10.2 Å². The summed E-state index contributed by atoms with van der Waals surface area (Å²) in [5.41, 5.74) is -0.642. The van der Waals surface area contributed by atoms with E-state index in [1.54, 1.807) is 0 Å². The molecule has 1 fully saturated rings. The highest BCUT2D eigenvalue weighted by Crippen LogP contribution is 2.38. The molecular formula is C16H22F4N2. The monoisotopic (exact) mass is 318 g/mol. The number of rotatable bonds is 5. The Labute approximate surface area is 128 Å². The topological polar surface area (TPSA) is 15.3 Å². The first-order valence-corrected chi connectivity index (χ1v) is 7.75. The van der Waals surface area contributed by atoms with Crippen LogP contribution in [0.5, 0.6) is 0 Å². The van der Waals surface area contributed by atoms with Gasteiger partial charge in [-0.25, -0.2) is 4.39 Å². The number of halogens is 4. The zero-order valence-corrected chi connectivity index (χ0v) is 12.7. The molecule has 1 heterocycles. The molecule has 1 aromatic rings. The van der Waals surface area contributed by atoms with E-state index in [1.165, 1.54) is 6.07 Å². The van der Waals surface area contributed by atoms with Crippen LogP contribution in [-0.4, -0.2) is 31.1 Å². The Balaban J connectivity index is 2.37. The van der Waals surface area contributed by atoms with Crippen LogP contribution in [0.1, 0.15) is 43.4 Å². The van der Waals surface area contributed by atoms with Crippen LogP contribution in [0.15, 0.2) is 18.2 Å². The number of hydrogen-bond donors (Lipinski definition) is 1. The van der Waals surface area contributed by atoms with Crippen molar-refractivity contribution >= 4 is 0 Å². The van der Waals surface area contributed by atoms with Gasteiger partial charge in [-0.1, -0.05) is 25.8 Å². The second-order valence-corrected chi connectivity index (χ2v) is 5.67. The molecule has 0 aromatic heterocycles. The predicted octanol–water partition coefficient (Wildman–Crippen LogP) is 3.98. The van der Waals surface area contributed by atoms with Crippen LogP contribution in [-0.2, 0) is 6.18 Å². The van der Waals surface area contributed by atoms with Crippen molar-refractivity contribution in [2.24, 2.45) is 0 Å². The first-order chi connectivity index (χ1) is 10.4. The molecule has 2 rings (SSSR count). The van der Waals surface area contributed by atoms with E-state index in [2.05, 4.69) is 10.2 Å². The molecule has 0 amide bonds. The van der Waals surface area contributed by atoms with Gasteiger partial charge in [-0.3, -0.25) is 4.90 Å². The second-order valence-electron chi connectivity index (χ2n) is 5.67. The Bertz CT molecular complexity index is 482. The summed E-state index contributed by atoms with van der Waals surface area (Å²) >= 11 is 0. The van der Waals surface area contributed by atoms with Crippen molar-refractivity contribution in [3.8, 4) is 0 Å². The van der Waals surface area contributed by atoms with Crippen molar-refractivity contribution in [2.45, 2.75) is 38.4 Å². The fourth-order valence-corrected chi connectivity index (χ4v) is 2.99. The molecule has 0 saturated carbocycles. The third kappa shape index (κ3) is 4.20. The van der Waals surface area contributed by atoms with E-state index in [-0.39, 0.29) is 11.6 Å². The molecule has 1 saturated heterocycles. The van der Waals surface area contributed by atoms with Gasteiger partial charge in [-0.15, -0.1) is 0 Å². The Morgan fingerprint density at radius 3 is 2.50 bits per heavy atom. The van der Waals surface area contributed by atoms with Gasteiger partial charge in [-0.05, 0) is 24.1 Å². The molecule has 0 aliphatic carbocycles. The molecule has 1 aliphatic rings. The first kappa shape index (κ1) is 17.2. The van der Waals surface area contributed by atoms with Crippen LogP contribution < -0.4 is 5.32 Å². The van der Waals surface area contributed by atoms with E-state index in [0.717, 1.165) is 32.0 Å². The number of piperazine rings is 1. The fraction of sp³-hybridized carbons (Fsp3) is 0.625. The highest BCUT2D eigenvalue weighted by molar-refractivity contribution is 5.33. The normalized spacial score (nSPS) is 18.4. The van der Waals surface area contributed by atoms with Gasteiger partial charge >= 0.3 is 6.18 Å². The van der Waals surface area contributed by atoms with Gasteiger partial charge in [0.05, 0.1) is 5.56 Å². The number of benzene rings is 1. The average Bonchev–Trinajstić information content (AvgIpc) is 2.49. The highest BCUT2D eigenvalue weighted by Gasteiger charge is 2.37. The second kappa shape index (κ2) is 7.42. The SMILES string of the molecule is CCCC[C@H](c1ccc(F)cc1C(F)(F)F)N1CCNCC1. The molecule has 0 radical (unpaired) electrons. The van der Waals surface area contributed by atoms with E-state index in [1.807, 2.05) is 6.92 Å². The largest absolute Gasteiger partial charge is 0.416 e. The smallest absolute Gasteiger partial charge is 0.314 e. The summed E-state index contributed by atoms with van der Waals surface area (Å²) in [5, 5.41) is 3.21. The van der Waals surface area contributed by atoms with Crippen molar-refractivity contribution in [3.05, 3.63) is 35.1 Å². The lowest BCUT2D eigenvalue weighted by Crippen LogP contribution is -2.45. The van der Waals surface area contributed by atoms with Crippen molar-refractivity contribution in [2.75, 3.05) is 26.2 Å². The number of nitrogens with one attached hydrogen (secondary N) is 1. The number of alkyl halides is 3. The summed E-state index contributed by atoms with van der Waals surface area (Å²) in [6, 6.07) is 2.75. The summed E-state index contributed by atoms with van der Waals surface area (Å²) in [5.74, 6) is -0.842. The average molecular weight is 318 g/mol. The Hall–Kier alpha value is -1.14. The molecule has 1 atom stereocenters. The lowest BCUT2D eigenvalue weighted by molar-refractivity contribution is -0.139. The number of hydrogen-bond acceptors (Lipinski definition) is 2. The van der Waals surface area contributed by atoms with Gasteiger partial charge in [0, 0.05) is 32.2 Å². The molecule has 22 heavy (non-hydrogen) atoms. The molecule has 1 N–H and O–H groups in total. The van der Waals surface area contributed by atoms with E-state index >= 15 is 0 Å². The van der Waals surface area contributed by atoms with Crippen LogP contribution in [0.2, 0.25) is 0 Å². The zero-order valence-electron chi connectivity index (χ0n) is 12.7. The first-order valence-electron chi connectivity index (χ1n) is 7.75. The third-order valence-electron chi connectivity index (χ3n) is 4.10. The molecule has 6 heteroatoms. The molecule has 0 bridgehead atoms. The maximum absolute atomic E-state index is 13.3. The summed E-state index contributed by atoms with van der Waals surface area (Å²) in [6.07, 6.45) is -2.10. The molecule has 1 aliphatic heterocycles. The summed E-state index contributed by atoms with van der Waals surface area (Å²) < 4.78 is 53.2. The van der Waals surface area contributed by atoms with Crippen molar-refractivity contribution < 1.29 is 17.6 Å². The fourth-order valence-electron chi connectivity index (χ4n) is 2.99. The summed E-state index contributed by atoms with van der Waals surface area (Å²) in [4.78, 5) is 2.08. The molecule has 1 aromatic carbocycles. The maximum atomic E-state index is 13.3. The lowest BCUT2D eigenvalue weighted by Gasteiger charge is -2.36. The Morgan fingerprint density at radius 2 is 1.91 bits per heavy atom. The molecule has 0 spiro atoms. The minimum atomic E-state index is -4.53. The number of nitrogens with zero attached hydrogens (tertiary/aromatic N) is 1. The van der Waals surface area contributed by atoms with Gasteiger partial charge in [0.2, 0.25) is 0 Å². The minimum absolute atomic E-state index is 0.198. The molecule has 0 unspecified atom stereocenters. The van der Waals surface area contributed by atoms with Crippen LogP contribution >= 0.6 is 0 Å². The van der Waals surface area contributed by atoms with Gasteiger partial charge in [0.25, 0.3) is 0 Å². The number of unbranched alkanes of at least 4 members (excludes halogenated alkanes) is 1. The van der Waals surface area contributed by atoms with Crippen molar-refractivity contribution in [1.29, 1.82) is 0 Å². The lowest BCUT2D eigenvalue weighted by atomic mass is 9.94. The molecule has 124 valence electrons. The van der Waals surface area contributed by atoms with Gasteiger partial charge < -0.3 is 5.32 Å². The van der Waals surface area contributed by atoms with E-state index in [0.29, 0.717) is 25.6 Å². The van der Waals surface area contributed by atoms with Gasteiger partial charge in [0.15, 0.2) is 0 Å². The van der Waals surface area contributed by atoms with Crippen LogP contribution in [0, 0.1) is 5.82 Å². The van der Waals surface area contributed by atoms with Crippen LogP contribution in [0.3, 0.4) is 0 Å². The summed E-state index contributed by atoms with van der Waals surface area (Å²) in [7, 11) is 0. The van der Waals surface area contributed by atoms with E-state index in [4.69, 9.17) is 0 Å².